The lowest BCUT2D eigenvalue weighted by Gasteiger charge is -2.37. The molecular weight excluding hydrogens is 378 g/mol. The van der Waals surface area contributed by atoms with Gasteiger partial charge in [-0.25, -0.2) is 0 Å². The summed E-state index contributed by atoms with van der Waals surface area (Å²) in [5, 5.41) is 0. The zero-order chi connectivity index (χ0) is 21.2. The van der Waals surface area contributed by atoms with Gasteiger partial charge in [0.2, 0.25) is 0 Å². The lowest BCUT2D eigenvalue weighted by atomic mass is 9.72. The minimum absolute atomic E-state index is 0.368. The fourth-order valence-corrected chi connectivity index (χ4v) is 6.36. The van der Waals surface area contributed by atoms with Crippen molar-refractivity contribution in [2.24, 2.45) is 29.6 Å². The van der Waals surface area contributed by atoms with Gasteiger partial charge in [-0.1, -0.05) is 63.5 Å². The molecule has 30 heavy (non-hydrogen) atoms. The summed E-state index contributed by atoms with van der Waals surface area (Å²) in [5.74, 6) is 4.03. The highest BCUT2D eigenvalue weighted by Crippen LogP contribution is 2.40. The molecule has 3 aliphatic rings. The van der Waals surface area contributed by atoms with Crippen LogP contribution in [0, 0.1) is 29.6 Å². The van der Waals surface area contributed by atoms with Crippen LogP contribution < -0.4 is 0 Å². The van der Waals surface area contributed by atoms with Gasteiger partial charge in [0, 0.05) is 0 Å². The van der Waals surface area contributed by atoms with E-state index in [1.54, 1.807) is 0 Å². The number of allylic oxidation sites excluding steroid dienone is 2. The maximum Gasteiger partial charge on any atom is 0.266 e. The van der Waals surface area contributed by atoms with Crippen LogP contribution in [0.2, 0.25) is 0 Å². The number of ether oxygens (including phenoxy) is 1. The lowest BCUT2D eigenvalue weighted by Crippen LogP contribution is -2.31. The molecular formula is C27H44F2O. The summed E-state index contributed by atoms with van der Waals surface area (Å²) in [6.07, 6.45) is 23.6. The standard InChI is InChI=1S/C27H44F2O/c1-2-5-26-18-17-25(20-30-26)24-15-12-22(13-16-24)7-4-3-6-21-8-10-23(11-9-21)14-19-27(28)29/h2,5,19,21-26H,3-4,6-18,20H2,1H3/b5-2+. The van der Waals surface area contributed by atoms with Crippen molar-refractivity contribution in [2.45, 2.75) is 109 Å². The van der Waals surface area contributed by atoms with Gasteiger partial charge < -0.3 is 4.74 Å². The molecule has 2 unspecified atom stereocenters. The second-order valence-electron chi connectivity index (χ2n) is 10.4. The monoisotopic (exact) mass is 422 g/mol. The van der Waals surface area contributed by atoms with Crippen molar-refractivity contribution < 1.29 is 13.5 Å². The van der Waals surface area contributed by atoms with E-state index in [4.69, 9.17) is 4.74 Å². The maximum absolute atomic E-state index is 12.2. The highest BCUT2D eigenvalue weighted by atomic mass is 19.3. The van der Waals surface area contributed by atoms with Crippen LogP contribution in [-0.2, 0) is 4.74 Å². The minimum Gasteiger partial charge on any atom is -0.374 e. The van der Waals surface area contributed by atoms with E-state index in [1.165, 1.54) is 77.0 Å². The predicted molar refractivity (Wildman–Crippen MR) is 122 cm³/mol. The second kappa shape index (κ2) is 13.0. The van der Waals surface area contributed by atoms with Crippen LogP contribution in [-0.4, -0.2) is 12.7 Å². The Balaban J connectivity index is 1.21. The molecule has 0 aromatic rings. The Hall–Kier alpha value is -0.700. The van der Waals surface area contributed by atoms with Gasteiger partial charge in [-0.15, -0.1) is 0 Å². The van der Waals surface area contributed by atoms with E-state index >= 15 is 0 Å². The largest absolute Gasteiger partial charge is 0.374 e. The fraction of sp³-hybridized carbons (Fsp3) is 0.852. The molecule has 0 aromatic heterocycles. The van der Waals surface area contributed by atoms with Gasteiger partial charge in [-0.05, 0) is 87.5 Å². The molecule has 0 amide bonds. The molecule has 0 N–H and O–H groups in total. The molecule has 1 heterocycles. The summed E-state index contributed by atoms with van der Waals surface area (Å²) in [6.45, 7) is 3.06. The summed E-state index contributed by atoms with van der Waals surface area (Å²) in [6, 6.07) is 0. The van der Waals surface area contributed by atoms with Gasteiger partial charge in [0.05, 0.1) is 12.7 Å². The Morgan fingerprint density at radius 1 is 0.767 bits per heavy atom. The van der Waals surface area contributed by atoms with Gasteiger partial charge >= 0.3 is 0 Å². The van der Waals surface area contributed by atoms with Crippen molar-refractivity contribution in [2.75, 3.05) is 6.61 Å². The molecule has 1 saturated heterocycles. The molecule has 3 fully saturated rings. The number of unbranched alkanes of at least 4 members (excludes halogenated alkanes) is 1. The summed E-state index contributed by atoms with van der Waals surface area (Å²) in [7, 11) is 0. The van der Waals surface area contributed by atoms with E-state index in [1.807, 2.05) is 0 Å². The molecule has 1 aliphatic heterocycles. The van der Waals surface area contributed by atoms with Gasteiger partial charge in [-0.2, -0.15) is 8.78 Å². The molecule has 2 saturated carbocycles. The van der Waals surface area contributed by atoms with Crippen molar-refractivity contribution in [3.8, 4) is 0 Å². The zero-order valence-electron chi connectivity index (χ0n) is 19.2. The molecule has 0 aromatic carbocycles. The van der Waals surface area contributed by atoms with Gasteiger partial charge in [0.25, 0.3) is 6.08 Å². The van der Waals surface area contributed by atoms with Crippen LogP contribution in [0.4, 0.5) is 8.78 Å². The normalized spacial score (nSPS) is 35.4. The van der Waals surface area contributed by atoms with E-state index in [0.29, 0.717) is 18.4 Å². The van der Waals surface area contributed by atoms with Crippen molar-refractivity contribution in [3.05, 3.63) is 24.3 Å². The molecule has 0 spiro atoms. The quantitative estimate of drug-likeness (QED) is 0.267. The van der Waals surface area contributed by atoms with Crippen LogP contribution in [0.15, 0.2) is 24.3 Å². The van der Waals surface area contributed by atoms with Crippen molar-refractivity contribution in [3.63, 3.8) is 0 Å². The summed E-state index contributed by atoms with van der Waals surface area (Å²) in [5.41, 5.74) is 0. The highest BCUT2D eigenvalue weighted by molar-refractivity contribution is 4.91. The molecule has 0 radical (unpaired) electrons. The van der Waals surface area contributed by atoms with Crippen LogP contribution in [0.5, 0.6) is 0 Å². The SMILES string of the molecule is C/C=C/C1CCC(C2CCC(CCCCC3CCC(CC=C(F)F)CC3)CC2)CO1. The first-order valence-electron chi connectivity index (χ1n) is 12.9. The summed E-state index contributed by atoms with van der Waals surface area (Å²) >= 11 is 0. The molecule has 1 nitrogen and oxygen atoms in total. The third-order valence-electron chi connectivity index (χ3n) is 8.36. The third-order valence-corrected chi connectivity index (χ3v) is 8.36. The Bertz CT molecular complexity index is 515. The fourth-order valence-electron chi connectivity index (χ4n) is 6.36. The summed E-state index contributed by atoms with van der Waals surface area (Å²) < 4.78 is 30.5. The average Bonchev–Trinajstić information content (AvgIpc) is 2.77. The average molecular weight is 423 g/mol. The molecule has 0 bridgehead atoms. The van der Waals surface area contributed by atoms with E-state index in [9.17, 15) is 8.78 Å². The van der Waals surface area contributed by atoms with Gasteiger partial charge in [0.15, 0.2) is 0 Å². The molecule has 3 heteroatoms. The van der Waals surface area contributed by atoms with Crippen molar-refractivity contribution in [1.82, 2.24) is 0 Å². The molecule has 3 rings (SSSR count). The Morgan fingerprint density at radius 2 is 1.33 bits per heavy atom. The first kappa shape index (κ1) is 24.0. The predicted octanol–water partition coefficient (Wildman–Crippen LogP) is 8.70. The topological polar surface area (TPSA) is 9.23 Å². The first-order chi connectivity index (χ1) is 14.6. The number of hydrogen-bond acceptors (Lipinski definition) is 1. The van der Waals surface area contributed by atoms with E-state index in [-0.39, 0.29) is 0 Å². The van der Waals surface area contributed by atoms with E-state index in [0.717, 1.165) is 49.2 Å². The van der Waals surface area contributed by atoms with E-state index < -0.39 is 6.08 Å². The number of halogens is 2. The maximum atomic E-state index is 12.2. The zero-order valence-corrected chi connectivity index (χ0v) is 19.2. The van der Waals surface area contributed by atoms with Gasteiger partial charge in [-0.3, -0.25) is 0 Å². The Morgan fingerprint density at radius 3 is 1.87 bits per heavy atom. The lowest BCUT2D eigenvalue weighted by molar-refractivity contribution is -0.0168. The van der Waals surface area contributed by atoms with Crippen molar-refractivity contribution >= 4 is 0 Å². The number of hydrogen-bond donors (Lipinski definition) is 0. The molecule has 2 aliphatic carbocycles. The van der Waals surface area contributed by atoms with Gasteiger partial charge in [0.1, 0.15) is 0 Å². The highest BCUT2D eigenvalue weighted by Gasteiger charge is 2.30. The van der Waals surface area contributed by atoms with Crippen molar-refractivity contribution in [1.29, 1.82) is 0 Å². The number of rotatable bonds is 9. The Labute approximate surface area is 183 Å². The van der Waals surface area contributed by atoms with Crippen LogP contribution in [0.1, 0.15) is 103 Å². The molecule has 172 valence electrons. The van der Waals surface area contributed by atoms with Crippen LogP contribution >= 0.6 is 0 Å². The second-order valence-corrected chi connectivity index (χ2v) is 10.4. The smallest absolute Gasteiger partial charge is 0.266 e. The first-order valence-corrected chi connectivity index (χ1v) is 12.9. The third kappa shape index (κ3) is 8.09. The van der Waals surface area contributed by atoms with Crippen LogP contribution in [0.25, 0.3) is 0 Å². The van der Waals surface area contributed by atoms with Crippen LogP contribution in [0.3, 0.4) is 0 Å². The minimum atomic E-state index is -1.50. The Kier molecular flexibility index (Phi) is 10.4. The summed E-state index contributed by atoms with van der Waals surface area (Å²) in [4.78, 5) is 0. The van der Waals surface area contributed by atoms with E-state index in [2.05, 4.69) is 19.1 Å². The molecule has 2 atom stereocenters.